The van der Waals surface area contributed by atoms with Crippen molar-refractivity contribution in [3.05, 3.63) is 36.5 Å². The number of carbonyl (C=O) groups excluding carboxylic acids is 2. The molecule has 1 aliphatic carbocycles. The van der Waals surface area contributed by atoms with E-state index in [1.54, 1.807) is 35.6 Å². The molecule has 2 aromatic rings. The van der Waals surface area contributed by atoms with Crippen molar-refractivity contribution in [1.82, 2.24) is 29.5 Å². The molecule has 3 aliphatic rings. The number of amides is 2. The van der Waals surface area contributed by atoms with Gasteiger partial charge in [0.1, 0.15) is 18.5 Å². The first-order valence-corrected chi connectivity index (χ1v) is 10.5. The third kappa shape index (κ3) is 3.75. The maximum absolute atomic E-state index is 13.3. The van der Waals surface area contributed by atoms with Crippen LogP contribution in [0.25, 0.3) is 5.82 Å². The second kappa shape index (κ2) is 7.24. The van der Waals surface area contributed by atoms with Crippen LogP contribution in [-0.4, -0.2) is 67.5 Å². The fourth-order valence-corrected chi connectivity index (χ4v) is 4.79. The Morgan fingerprint density at radius 1 is 1.17 bits per heavy atom. The SMILES string of the molecule is O=C1CC[C@]2(CCCN(C(=O)c3ccnc(-n4cnnc4)c3)C2)CN1CC1CC1. The summed E-state index contributed by atoms with van der Waals surface area (Å²) in [5.41, 5.74) is 0.670. The molecule has 1 saturated carbocycles. The first-order chi connectivity index (χ1) is 14.1. The number of hydrogen-bond acceptors (Lipinski definition) is 5. The number of aromatic nitrogens is 4. The van der Waals surface area contributed by atoms with E-state index in [0.717, 1.165) is 45.4 Å². The molecule has 2 amide bonds. The van der Waals surface area contributed by atoms with E-state index >= 15 is 0 Å². The Morgan fingerprint density at radius 2 is 2.00 bits per heavy atom. The first-order valence-electron chi connectivity index (χ1n) is 10.5. The van der Waals surface area contributed by atoms with E-state index < -0.39 is 0 Å². The number of carbonyl (C=O) groups is 2. The highest BCUT2D eigenvalue weighted by Gasteiger charge is 2.43. The van der Waals surface area contributed by atoms with Crippen LogP contribution in [0.15, 0.2) is 31.0 Å². The van der Waals surface area contributed by atoms with Gasteiger partial charge in [0.25, 0.3) is 5.91 Å². The molecule has 0 unspecified atom stereocenters. The lowest BCUT2D eigenvalue weighted by Crippen LogP contribution is -2.55. The predicted octanol–water partition coefficient (Wildman–Crippen LogP) is 1.92. The highest BCUT2D eigenvalue weighted by Crippen LogP contribution is 2.41. The molecule has 8 heteroatoms. The molecule has 29 heavy (non-hydrogen) atoms. The normalized spacial score (nSPS) is 24.9. The zero-order valence-corrected chi connectivity index (χ0v) is 16.5. The van der Waals surface area contributed by atoms with Crippen molar-refractivity contribution in [2.75, 3.05) is 26.2 Å². The molecular formula is C21H26N6O2. The van der Waals surface area contributed by atoms with Crippen LogP contribution in [0.4, 0.5) is 0 Å². The van der Waals surface area contributed by atoms with Gasteiger partial charge in [-0.05, 0) is 50.2 Å². The molecule has 2 aromatic heterocycles. The van der Waals surface area contributed by atoms with Gasteiger partial charge in [-0.1, -0.05) is 0 Å². The van der Waals surface area contributed by atoms with Gasteiger partial charge in [-0.15, -0.1) is 10.2 Å². The van der Waals surface area contributed by atoms with Gasteiger partial charge in [0, 0.05) is 49.8 Å². The minimum Gasteiger partial charge on any atom is -0.342 e. The minimum atomic E-state index is 0.0337. The Balaban J connectivity index is 1.32. The highest BCUT2D eigenvalue weighted by molar-refractivity contribution is 5.94. The van der Waals surface area contributed by atoms with E-state index in [1.807, 2.05) is 4.90 Å². The van der Waals surface area contributed by atoms with Gasteiger partial charge in [0.15, 0.2) is 0 Å². The Bertz CT molecular complexity index is 910. The van der Waals surface area contributed by atoms with Crippen LogP contribution in [0.3, 0.4) is 0 Å². The number of rotatable bonds is 4. The fourth-order valence-electron chi connectivity index (χ4n) is 4.79. The van der Waals surface area contributed by atoms with Crippen molar-refractivity contribution < 1.29 is 9.59 Å². The molecule has 5 rings (SSSR count). The van der Waals surface area contributed by atoms with Crippen molar-refractivity contribution in [2.45, 2.75) is 38.5 Å². The van der Waals surface area contributed by atoms with E-state index in [0.29, 0.717) is 29.6 Å². The maximum atomic E-state index is 13.3. The summed E-state index contributed by atoms with van der Waals surface area (Å²) in [6, 6.07) is 3.55. The summed E-state index contributed by atoms with van der Waals surface area (Å²) in [7, 11) is 0. The summed E-state index contributed by atoms with van der Waals surface area (Å²) < 4.78 is 1.69. The molecule has 1 spiro atoms. The topological polar surface area (TPSA) is 84.2 Å². The molecule has 3 fully saturated rings. The molecule has 0 N–H and O–H groups in total. The Morgan fingerprint density at radius 3 is 2.79 bits per heavy atom. The van der Waals surface area contributed by atoms with Gasteiger partial charge < -0.3 is 9.80 Å². The van der Waals surface area contributed by atoms with Crippen LogP contribution in [0.1, 0.15) is 48.9 Å². The molecule has 1 atom stereocenters. The minimum absolute atomic E-state index is 0.0337. The van der Waals surface area contributed by atoms with Crippen molar-refractivity contribution >= 4 is 11.8 Å². The van der Waals surface area contributed by atoms with Crippen LogP contribution in [-0.2, 0) is 4.79 Å². The van der Waals surface area contributed by atoms with Crippen LogP contribution in [0.5, 0.6) is 0 Å². The molecule has 2 saturated heterocycles. The van der Waals surface area contributed by atoms with E-state index in [2.05, 4.69) is 20.1 Å². The molecular weight excluding hydrogens is 368 g/mol. The van der Waals surface area contributed by atoms with Crippen LogP contribution < -0.4 is 0 Å². The highest BCUT2D eigenvalue weighted by atomic mass is 16.2. The van der Waals surface area contributed by atoms with E-state index in [4.69, 9.17) is 0 Å². The van der Waals surface area contributed by atoms with E-state index in [-0.39, 0.29) is 11.3 Å². The monoisotopic (exact) mass is 394 g/mol. The lowest BCUT2D eigenvalue weighted by molar-refractivity contribution is -0.139. The second-order valence-corrected chi connectivity index (χ2v) is 8.82. The van der Waals surface area contributed by atoms with Gasteiger partial charge in [-0.25, -0.2) is 4.98 Å². The van der Waals surface area contributed by atoms with Gasteiger partial charge >= 0.3 is 0 Å². The molecule has 2 aliphatic heterocycles. The smallest absolute Gasteiger partial charge is 0.254 e. The average Bonchev–Trinajstić information content (AvgIpc) is 3.39. The molecule has 0 bridgehead atoms. The Labute approximate surface area is 169 Å². The van der Waals surface area contributed by atoms with Gasteiger partial charge in [0.05, 0.1) is 0 Å². The van der Waals surface area contributed by atoms with E-state index in [1.165, 1.54) is 12.8 Å². The Kier molecular flexibility index (Phi) is 4.56. The standard InChI is InChI=1S/C21H26N6O2/c28-19-4-7-21(13-26(19)11-16-2-3-16)6-1-9-25(12-21)20(29)17-5-8-22-18(10-17)27-14-23-24-15-27/h5,8,10,14-16H,1-4,6-7,9,11-13H2/t21-/m0/s1. The summed E-state index contributed by atoms with van der Waals surface area (Å²) >= 11 is 0. The molecule has 0 radical (unpaired) electrons. The third-order valence-electron chi connectivity index (χ3n) is 6.55. The van der Waals surface area contributed by atoms with Gasteiger partial charge in [-0.3, -0.25) is 14.2 Å². The zero-order valence-electron chi connectivity index (χ0n) is 16.5. The van der Waals surface area contributed by atoms with Crippen molar-refractivity contribution in [1.29, 1.82) is 0 Å². The van der Waals surface area contributed by atoms with Crippen molar-refractivity contribution in [3.63, 3.8) is 0 Å². The summed E-state index contributed by atoms with van der Waals surface area (Å²) in [5.74, 6) is 1.65. The number of piperidine rings is 2. The molecule has 8 nitrogen and oxygen atoms in total. The average molecular weight is 394 g/mol. The molecule has 0 aromatic carbocycles. The largest absolute Gasteiger partial charge is 0.342 e. The van der Waals surface area contributed by atoms with Crippen molar-refractivity contribution in [3.8, 4) is 5.82 Å². The number of likely N-dealkylation sites (tertiary alicyclic amines) is 2. The van der Waals surface area contributed by atoms with Gasteiger partial charge in [0.2, 0.25) is 5.91 Å². The zero-order chi connectivity index (χ0) is 19.8. The number of hydrogen-bond donors (Lipinski definition) is 0. The van der Waals surface area contributed by atoms with Gasteiger partial charge in [-0.2, -0.15) is 0 Å². The number of nitrogens with zero attached hydrogens (tertiary/aromatic N) is 6. The van der Waals surface area contributed by atoms with Crippen LogP contribution in [0, 0.1) is 11.3 Å². The molecule has 4 heterocycles. The summed E-state index contributed by atoms with van der Waals surface area (Å²) in [6.07, 6.45) is 10.9. The predicted molar refractivity (Wildman–Crippen MR) is 105 cm³/mol. The summed E-state index contributed by atoms with van der Waals surface area (Å²) in [6.45, 7) is 3.20. The lowest BCUT2D eigenvalue weighted by Gasteiger charge is -2.48. The first kappa shape index (κ1) is 18.3. The van der Waals surface area contributed by atoms with Crippen LogP contribution in [0.2, 0.25) is 0 Å². The summed E-state index contributed by atoms with van der Waals surface area (Å²) in [5, 5.41) is 7.61. The molecule has 152 valence electrons. The van der Waals surface area contributed by atoms with Crippen LogP contribution >= 0.6 is 0 Å². The third-order valence-corrected chi connectivity index (χ3v) is 6.55. The maximum Gasteiger partial charge on any atom is 0.254 e. The quantitative estimate of drug-likeness (QED) is 0.791. The van der Waals surface area contributed by atoms with E-state index in [9.17, 15) is 9.59 Å². The number of pyridine rings is 1. The van der Waals surface area contributed by atoms with Crippen molar-refractivity contribution in [2.24, 2.45) is 11.3 Å². The fraction of sp³-hybridized carbons (Fsp3) is 0.571. The lowest BCUT2D eigenvalue weighted by atomic mass is 9.73. The summed E-state index contributed by atoms with van der Waals surface area (Å²) in [4.78, 5) is 34.0. The second-order valence-electron chi connectivity index (χ2n) is 8.82. The Hall–Kier alpha value is -2.77.